The Morgan fingerprint density at radius 1 is 1.29 bits per heavy atom. The molecule has 0 aromatic carbocycles. The van der Waals surface area contributed by atoms with Crippen LogP contribution in [0.2, 0.25) is 0 Å². The molecular formula is C13H26N2O2. The van der Waals surface area contributed by atoms with Crippen LogP contribution in [0.5, 0.6) is 0 Å². The molecule has 1 amide bonds. The van der Waals surface area contributed by atoms with E-state index in [0.717, 1.165) is 45.3 Å². The molecule has 0 aliphatic carbocycles. The van der Waals surface area contributed by atoms with Crippen LogP contribution < -0.4 is 0 Å². The third-order valence-corrected chi connectivity index (χ3v) is 3.55. The van der Waals surface area contributed by atoms with Crippen LogP contribution in [0.1, 0.15) is 32.1 Å². The van der Waals surface area contributed by atoms with E-state index in [1.165, 1.54) is 0 Å². The van der Waals surface area contributed by atoms with Crippen molar-refractivity contribution < 1.29 is 9.90 Å². The molecule has 1 aliphatic heterocycles. The Balaban J connectivity index is 2.15. The molecule has 0 unspecified atom stereocenters. The normalized spacial score (nSPS) is 18.3. The van der Waals surface area contributed by atoms with Crippen molar-refractivity contribution in [2.45, 2.75) is 32.1 Å². The predicted molar refractivity (Wildman–Crippen MR) is 68.8 cm³/mol. The summed E-state index contributed by atoms with van der Waals surface area (Å²) in [6.45, 7) is 3.61. The Morgan fingerprint density at radius 2 is 1.94 bits per heavy atom. The van der Waals surface area contributed by atoms with Gasteiger partial charge in [0.25, 0.3) is 0 Å². The van der Waals surface area contributed by atoms with E-state index in [9.17, 15) is 4.79 Å². The SMILES string of the molecule is CN(C)C(=O)CC1CCN(CCCCO)CC1. The first-order valence-electron chi connectivity index (χ1n) is 6.67. The molecule has 0 atom stereocenters. The summed E-state index contributed by atoms with van der Waals surface area (Å²) in [5, 5.41) is 8.73. The molecule has 1 saturated heterocycles. The van der Waals surface area contributed by atoms with Gasteiger partial charge in [-0.05, 0) is 51.2 Å². The van der Waals surface area contributed by atoms with Crippen molar-refractivity contribution in [3.63, 3.8) is 0 Å². The maximum atomic E-state index is 11.6. The molecule has 0 saturated carbocycles. The van der Waals surface area contributed by atoms with Crippen LogP contribution >= 0.6 is 0 Å². The number of aliphatic hydroxyl groups excluding tert-OH is 1. The Labute approximate surface area is 105 Å². The first kappa shape index (κ1) is 14.5. The van der Waals surface area contributed by atoms with Gasteiger partial charge in [0.2, 0.25) is 5.91 Å². The van der Waals surface area contributed by atoms with Crippen molar-refractivity contribution in [3.8, 4) is 0 Å². The van der Waals surface area contributed by atoms with Gasteiger partial charge in [0.05, 0.1) is 0 Å². The zero-order valence-electron chi connectivity index (χ0n) is 11.2. The van der Waals surface area contributed by atoms with Crippen LogP contribution in [0.25, 0.3) is 0 Å². The van der Waals surface area contributed by atoms with E-state index < -0.39 is 0 Å². The standard InChI is InChI=1S/C13H26N2O2/c1-14(2)13(17)11-12-5-8-15(9-6-12)7-3-4-10-16/h12,16H,3-11H2,1-2H3. The molecule has 1 aliphatic rings. The smallest absolute Gasteiger partial charge is 0.222 e. The number of piperidine rings is 1. The van der Waals surface area contributed by atoms with Crippen LogP contribution in [-0.4, -0.2) is 61.2 Å². The second-order valence-electron chi connectivity index (χ2n) is 5.21. The fourth-order valence-electron chi connectivity index (χ4n) is 2.29. The highest BCUT2D eigenvalue weighted by Gasteiger charge is 2.21. The molecule has 1 rings (SSSR count). The highest BCUT2D eigenvalue weighted by atomic mass is 16.2. The molecular weight excluding hydrogens is 216 g/mol. The summed E-state index contributed by atoms with van der Waals surface area (Å²) in [5.41, 5.74) is 0. The van der Waals surface area contributed by atoms with E-state index in [2.05, 4.69) is 4.90 Å². The Bertz CT molecular complexity index is 223. The van der Waals surface area contributed by atoms with E-state index >= 15 is 0 Å². The third kappa shape index (κ3) is 5.50. The first-order chi connectivity index (χ1) is 8.13. The molecule has 100 valence electrons. The summed E-state index contributed by atoms with van der Waals surface area (Å²) < 4.78 is 0. The van der Waals surface area contributed by atoms with E-state index in [4.69, 9.17) is 5.11 Å². The lowest BCUT2D eigenvalue weighted by Crippen LogP contribution is -2.36. The summed E-state index contributed by atoms with van der Waals surface area (Å²) in [7, 11) is 3.65. The molecule has 4 nitrogen and oxygen atoms in total. The number of amides is 1. The maximum Gasteiger partial charge on any atom is 0.222 e. The van der Waals surface area contributed by atoms with Crippen LogP contribution in [0.15, 0.2) is 0 Å². The van der Waals surface area contributed by atoms with Gasteiger partial charge >= 0.3 is 0 Å². The van der Waals surface area contributed by atoms with Gasteiger partial charge in [-0.1, -0.05) is 0 Å². The summed E-state index contributed by atoms with van der Waals surface area (Å²) in [6, 6.07) is 0. The first-order valence-corrected chi connectivity index (χ1v) is 6.67. The number of carbonyl (C=O) groups excluding carboxylic acids is 1. The minimum atomic E-state index is 0.253. The van der Waals surface area contributed by atoms with Crippen LogP contribution in [0, 0.1) is 5.92 Å². The van der Waals surface area contributed by atoms with Crippen molar-refractivity contribution in [2.24, 2.45) is 5.92 Å². The molecule has 17 heavy (non-hydrogen) atoms. The van der Waals surface area contributed by atoms with Crippen LogP contribution in [-0.2, 0) is 4.79 Å². The van der Waals surface area contributed by atoms with Gasteiger partial charge < -0.3 is 14.9 Å². The summed E-state index contributed by atoms with van der Waals surface area (Å²) in [6.07, 6.45) is 4.96. The highest BCUT2D eigenvalue weighted by molar-refractivity contribution is 5.75. The lowest BCUT2D eigenvalue weighted by Gasteiger charge is -2.32. The zero-order valence-corrected chi connectivity index (χ0v) is 11.2. The topological polar surface area (TPSA) is 43.8 Å². The number of nitrogens with zero attached hydrogens (tertiary/aromatic N) is 2. The maximum absolute atomic E-state index is 11.6. The van der Waals surface area contributed by atoms with Crippen molar-refractivity contribution in [1.29, 1.82) is 0 Å². The van der Waals surface area contributed by atoms with Crippen molar-refractivity contribution >= 4 is 5.91 Å². The molecule has 0 spiro atoms. The Morgan fingerprint density at radius 3 is 2.47 bits per heavy atom. The minimum absolute atomic E-state index is 0.253. The molecule has 0 aromatic rings. The van der Waals surface area contributed by atoms with Crippen LogP contribution in [0.3, 0.4) is 0 Å². The van der Waals surface area contributed by atoms with Gasteiger partial charge in [0.15, 0.2) is 0 Å². The average Bonchev–Trinajstić information content (AvgIpc) is 2.31. The lowest BCUT2D eigenvalue weighted by molar-refractivity contribution is -0.130. The van der Waals surface area contributed by atoms with Crippen molar-refractivity contribution in [1.82, 2.24) is 9.80 Å². The highest BCUT2D eigenvalue weighted by Crippen LogP contribution is 2.21. The van der Waals surface area contributed by atoms with Gasteiger partial charge in [0, 0.05) is 27.1 Å². The van der Waals surface area contributed by atoms with E-state index in [-0.39, 0.29) is 5.91 Å². The number of aliphatic hydroxyl groups is 1. The van der Waals surface area contributed by atoms with Crippen LogP contribution in [0.4, 0.5) is 0 Å². The fourth-order valence-corrected chi connectivity index (χ4v) is 2.29. The number of hydrogen-bond acceptors (Lipinski definition) is 3. The molecule has 1 heterocycles. The second-order valence-corrected chi connectivity index (χ2v) is 5.21. The van der Waals surface area contributed by atoms with Gasteiger partial charge in [-0.2, -0.15) is 0 Å². The molecule has 1 fully saturated rings. The Hall–Kier alpha value is -0.610. The molecule has 0 radical (unpaired) electrons. The van der Waals surface area contributed by atoms with Gasteiger partial charge in [-0.3, -0.25) is 4.79 Å². The minimum Gasteiger partial charge on any atom is -0.396 e. The number of likely N-dealkylation sites (tertiary alicyclic amines) is 1. The molecule has 0 aromatic heterocycles. The summed E-state index contributed by atoms with van der Waals surface area (Å²) in [5.74, 6) is 0.822. The summed E-state index contributed by atoms with van der Waals surface area (Å²) >= 11 is 0. The largest absolute Gasteiger partial charge is 0.396 e. The molecule has 1 N–H and O–H groups in total. The monoisotopic (exact) mass is 242 g/mol. The van der Waals surface area contributed by atoms with Crippen molar-refractivity contribution in [3.05, 3.63) is 0 Å². The third-order valence-electron chi connectivity index (χ3n) is 3.55. The molecule has 0 bridgehead atoms. The van der Waals surface area contributed by atoms with E-state index in [1.807, 2.05) is 14.1 Å². The van der Waals surface area contributed by atoms with Gasteiger partial charge in [-0.25, -0.2) is 0 Å². The number of rotatable bonds is 6. The second kappa shape index (κ2) is 7.67. The number of unbranched alkanes of at least 4 members (excludes halogenated alkanes) is 1. The fraction of sp³-hybridized carbons (Fsp3) is 0.923. The predicted octanol–water partition coefficient (Wildman–Crippen LogP) is 0.949. The number of carbonyl (C=O) groups is 1. The van der Waals surface area contributed by atoms with E-state index in [0.29, 0.717) is 18.9 Å². The van der Waals surface area contributed by atoms with Crippen molar-refractivity contribution in [2.75, 3.05) is 40.3 Å². The van der Waals surface area contributed by atoms with Gasteiger partial charge in [0.1, 0.15) is 0 Å². The zero-order chi connectivity index (χ0) is 12.7. The summed E-state index contributed by atoms with van der Waals surface area (Å²) in [4.78, 5) is 15.7. The average molecular weight is 242 g/mol. The quantitative estimate of drug-likeness (QED) is 0.705. The van der Waals surface area contributed by atoms with Gasteiger partial charge in [-0.15, -0.1) is 0 Å². The Kier molecular flexibility index (Phi) is 6.52. The molecule has 4 heteroatoms. The lowest BCUT2D eigenvalue weighted by atomic mass is 9.93. The number of hydrogen-bond donors (Lipinski definition) is 1. The van der Waals surface area contributed by atoms with E-state index in [1.54, 1.807) is 4.90 Å².